The molecule has 0 aliphatic carbocycles. The Labute approximate surface area is 124 Å². The molecular formula is C13H13BrClNO3. The molecule has 0 spiro atoms. The second-order valence-corrected chi connectivity index (χ2v) is 5.88. The van der Waals surface area contributed by atoms with Gasteiger partial charge < -0.3 is 10.0 Å². The number of aliphatic carboxylic acids is 1. The van der Waals surface area contributed by atoms with Gasteiger partial charge in [0.05, 0.1) is 10.6 Å². The fourth-order valence-corrected chi connectivity index (χ4v) is 2.95. The zero-order chi connectivity index (χ0) is 14.2. The normalized spacial score (nSPS) is 22.6. The number of likely N-dealkylation sites (tertiary alicyclic amines) is 1. The lowest BCUT2D eigenvalue weighted by Gasteiger charge is -2.24. The van der Waals surface area contributed by atoms with Gasteiger partial charge in [-0.3, -0.25) is 4.79 Å². The summed E-state index contributed by atoms with van der Waals surface area (Å²) in [4.78, 5) is 25.1. The number of carbonyl (C=O) groups is 2. The molecule has 0 saturated carbocycles. The van der Waals surface area contributed by atoms with Crippen LogP contribution in [0.25, 0.3) is 0 Å². The molecule has 0 bridgehead atoms. The van der Waals surface area contributed by atoms with Gasteiger partial charge in [0.2, 0.25) is 0 Å². The zero-order valence-corrected chi connectivity index (χ0v) is 12.6. The number of halogens is 2. The van der Waals surface area contributed by atoms with E-state index in [1.54, 1.807) is 18.2 Å². The zero-order valence-electron chi connectivity index (χ0n) is 10.3. The Hall–Kier alpha value is -1.07. The van der Waals surface area contributed by atoms with Crippen LogP contribution < -0.4 is 0 Å². The summed E-state index contributed by atoms with van der Waals surface area (Å²) in [6.07, 6.45) is 0.689. The Bertz CT molecular complexity index is 535. The van der Waals surface area contributed by atoms with Gasteiger partial charge in [0.15, 0.2) is 0 Å². The molecule has 1 amide bonds. The molecule has 102 valence electrons. The Morgan fingerprint density at radius 2 is 2.16 bits per heavy atom. The summed E-state index contributed by atoms with van der Waals surface area (Å²) in [6, 6.07) is 4.28. The minimum absolute atomic E-state index is 0.0487. The van der Waals surface area contributed by atoms with E-state index in [1.165, 1.54) is 4.90 Å². The van der Waals surface area contributed by atoms with Crippen molar-refractivity contribution in [1.29, 1.82) is 0 Å². The van der Waals surface area contributed by atoms with Gasteiger partial charge in [-0.1, -0.05) is 24.6 Å². The van der Waals surface area contributed by atoms with Crippen LogP contribution >= 0.6 is 27.5 Å². The Morgan fingerprint density at radius 3 is 2.79 bits per heavy atom. The molecule has 2 unspecified atom stereocenters. The van der Waals surface area contributed by atoms with Crippen molar-refractivity contribution in [2.75, 3.05) is 6.54 Å². The number of carbonyl (C=O) groups excluding carboxylic acids is 1. The summed E-state index contributed by atoms with van der Waals surface area (Å²) in [6.45, 7) is 2.29. The van der Waals surface area contributed by atoms with E-state index in [1.807, 2.05) is 6.92 Å². The Morgan fingerprint density at radius 1 is 1.47 bits per heavy atom. The first kappa shape index (κ1) is 14.3. The van der Waals surface area contributed by atoms with Crippen molar-refractivity contribution >= 4 is 39.4 Å². The highest BCUT2D eigenvalue weighted by Gasteiger charge is 2.40. The van der Waals surface area contributed by atoms with E-state index < -0.39 is 12.0 Å². The van der Waals surface area contributed by atoms with Gasteiger partial charge in [0.1, 0.15) is 6.04 Å². The van der Waals surface area contributed by atoms with Crippen molar-refractivity contribution in [3.8, 4) is 0 Å². The summed E-state index contributed by atoms with van der Waals surface area (Å²) < 4.78 is 0.624. The number of hydrogen-bond donors (Lipinski definition) is 1. The van der Waals surface area contributed by atoms with E-state index in [4.69, 9.17) is 11.6 Å². The molecule has 1 saturated heterocycles. The highest BCUT2D eigenvalue weighted by atomic mass is 79.9. The molecule has 1 fully saturated rings. The van der Waals surface area contributed by atoms with Crippen LogP contribution in [0.1, 0.15) is 23.7 Å². The second-order valence-electron chi connectivity index (χ2n) is 4.65. The summed E-state index contributed by atoms with van der Waals surface area (Å²) in [7, 11) is 0. The van der Waals surface area contributed by atoms with Crippen LogP contribution in [0.5, 0.6) is 0 Å². The van der Waals surface area contributed by atoms with Crippen molar-refractivity contribution in [2.24, 2.45) is 5.92 Å². The predicted octanol–water partition coefficient (Wildman–Crippen LogP) is 3.04. The number of hydrogen-bond acceptors (Lipinski definition) is 2. The van der Waals surface area contributed by atoms with Crippen LogP contribution in [0.2, 0.25) is 5.02 Å². The van der Waals surface area contributed by atoms with E-state index >= 15 is 0 Å². The van der Waals surface area contributed by atoms with Crippen LogP contribution in [-0.2, 0) is 4.79 Å². The first-order valence-corrected chi connectivity index (χ1v) is 7.08. The van der Waals surface area contributed by atoms with Crippen LogP contribution in [0.4, 0.5) is 0 Å². The van der Waals surface area contributed by atoms with Crippen LogP contribution in [-0.4, -0.2) is 34.5 Å². The van der Waals surface area contributed by atoms with Gasteiger partial charge in [0, 0.05) is 11.0 Å². The van der Waals surface area contributed by atoms with Crippen molar-refractivity contribution < 1.29 is 14.7 Å². The van der Waals surface area contributed by atoms with Gasteiger partial charge in [-0.25, -0.2) is 4.79 Å². The fourth-order valence-electron chi connectivity index (χ4n) is 2.38. The summed E-state index contributed by atoms with van der Waals surface area (Å²) in [5.74, 6) is -1.35. The Balaban J connectivity index is 2.34. The summed E-state index contributed by atoms with van der Waals surface area (Å²) in [5.41, 5.74) is 0.330. The number of benzene rings is 1. The number of amides is 1. The third-order valence-corrected chi connectivity index (χ3v) is 4.69. The van der Waals surface area contributed by atoms with E-state index in [2.05, 4.69) is 15.9 Å². The first-order valence-electron chi connectivity index (χ1n) is 5.91. The number of nitrogens with zero attached hydrogens (tertiary/aromatic N) is 1. The molecular weight excluding hydrogens is 334 g/mol. The first-order chi connectivity index (χ1) is 8.93. The SMILES string of the molecule is CC1CCN(C(=O)c2cccc(Br)c2Cl)C1C(=O)O. The maximum Gasteiger partial charge on any atom is 0.326 e. The quantitative estimate of drug-likeness (QED) is 0.895. The van der Waals surface area contributed by atoms with Crippen molar-refractivity contribution in [3.63, 3.8) is 0 Å². The van der Waals surface area contributed by atoms with Gasteiger partial charge >= 0.3 is 5.97 Å². The lowest BCUT2D eigenvalue weighted by atomic mass is 10.0. The summed E-state index contributed by atoms with van der Waals surface area (Å²) in [5, 5.41) is 9.55. The van der Waals surface area contributed by atoms with Crippen LogP contribution in [0, 0.1) is 5.92 Å². The highest BCUT2D eigenvalue weighted by Crippen LogP contribution is 2.31. The van der Waals surface area contributed by atoms with Crippen molar-refractivity contribution in [3.05, 3.63) is 33.3 Å². The number of carboxylic acids is 1. The molecule has 19 heavy (non-hydrogen) atoms. The minimum atomic E-state index is -0.968. The topological polar surface area (TPSA) is 57.6 Å². The molecule has 1 aromatic rings. The smallest absolute Gasteiger partial charge is 0.326 e. The third-order valence-electron chi connectivity index (χ3n) is 3.40. The van der Waals surface area contributed by atoms with Crippen molar-refractivity contribution in [1.82, 2.24) is 4.90 Å². The van der Waals surface area contributed by atoms with Crippen LogP contribution in [0.15, 0.2) is 22.7 Å². The van der Waals surface area contributed by atoms with E-state index in [0.717, 1.165) is 0 Å². The average molecular weight is 347 g/mol. The number of carboxylic acid groups (broad SMARTS) is 1. The molecule has 1 aliphatic rings. The lowest BCUT2D eigenvalue weighted by molar-refractivity contribution is -0.142. The average Bonchev–Trinajstić information content (AvgIpc) is 2.74. The van der Waals surface area contributed by atoms with Gasteiger partial charge in [-0.15, -0.1) is 0 Å². The van der Waals surface area contributed by atoms with E-state index in [9.17, 15) is 14.7 Å². The molecule has 2 atom stereocenters. The maximum atomic E-state index is 12.4. The van der Waals surface area contributed by atoms with E-state index in [-0.39, 0.29) is 11.8 Å². The molecule has 1 aliphatic heterocycles. The Kier molecular flexibility index (Phi) is 4.16. The highest BCUT2D eigenvalue weighted by molar-refractivity contribution is 9.10. The molecule has 0 aromatic heterocycles. The largest absolute Gasteiger partial charge is 0.480 e. The molecule has 4 nitrogen and oxygen atoms in total. The van der Waals surface area contributed by atoms with Crippen molar-refractivity contribution in [2.45, 2.75) is 19.4 Å². The predicted molar refractivity (Wildman–Crippen MR) is 75.4 cm³/mol. The van der Waals surface area contributed by atoms with Gasteiger partial charge in [-0.05, 0) is 40.4 Å². The van der Waals surface area contributed by atoms with Gasteiger partial charge in [0.25, 0.3) is 5.91 Å². The fraction of sp³-hybridized carbons (Fsp3) is 0.385. The standard InChI is InChI=1S/C13H13BrClNO3/c1-7-5-6-16(11(7)13(18)19)12(17)8-3-2-4-9(14)10(8)15/h2-4,7,11H,5-6H2,1H3,(H,18,19). The van der Waals surface area contributed by atoms with E-state index in [0.29, 0.717) is 28.0 Å². The molecule has 2 rings (SSSR count). The lowest BCUT2D eigenvalue weighted by Crippen LogP contribution is -2.42. The third kappa shape index (κ3) is 2.62. The van der Waals surface area contributed by atoms with Crippen LogP contribution in [0.3, 0.4) is 0 Å². The molecule has 6 heteroatoms. The molecule has 1 aromatic carbocycles. The van der Waals surface area contributed by atoms with Gasteiger partial charge in [-0.2, -0.15) is 0 Å². The second kappa shape index (κ2) is 5.51. The molecule has 0 radical (unpaired) electrons. The summed E-state index contributed by atoms with van der Waals surface area (Å²) >= 11 is 9.35. The molecule has 1 N–H and O–H groups in total. The maximum absolute atomic E-state index is 12.4. The minimum Gasteiger partial charge on any atom is -0.480 e. The molecule has 1 heterocycles. The monoisotopic (exact) mass is 345 g/mol. The number of rotatable bonds is 2.